The Morgan fingerprint density at radius 3 is 2.32 bits per heavy atom. The zero-order chi connectivity index (χ0) is 15.8. The van der Waals surface area contributed by atoms with E-state index in [1.165, 1.54) is 19.3 Å². The predicted molar refractivity (Wildman–Crippen MR) is 84.5 cm³/mol. The van der Waals surface area contributed by atoms with E-state index in [4.69, 9.17) is 4.74 Å². The minimum absolute atomic E-state index is 0.112. The summed E-state index contributed by atoms with van der Waals surface area (Å²) >= 11 is 0. The Balaban J connectivity index is 1.68. The molecule has 0 aromatic carbocycles. The van der Waals surface area contributed by atoms with E-state index in [9.17, 15) is 9.59 Å². The van der Waals surface area contributed by atoms with Gasteiger partial charge < -0.3 is 19.9 Å². The number of carbonyl (C=O) groups excluding carboxylic acids is 2. The number of hydrogen-bond donors (Lipinski definition) is 1. The van der Waals surface area contributed by atoms with Gasteiger partial charge in [0, 0.05) is 45.8 Å². The lowest BCUT2D eigenvalue weighted by Gasteiger charge is -2.37. The predicted octanol–water partition coefficient (Wildman–Crippen LogP) is 0.474. The lowest BCUT2D eigenvalue weighted by Crippen LogP contribution is -2.53. The molecule has 1 N–H and O–H groups in total. The Bertz CT molecular complexity index is 362. The van der Waals surface area contributed by atoms with Gasteiger partial charge in [-0.15, -0.1) is 0 Å². The zero-order valence-electron chi connectivity index (χ0n) is 13.7. The molecule has 22 heavy (non-hydrogen) atoms. The number of rotatable bonds is 6. The molecule has 1 saturated heterocycles. The van der Waals surface area contributed by atoms with Crippen molar-refractivity contribution < 1.29 is 14.3 Å². The molecule has 0 aromatic heterocycles. The minimum atomic E-state index is 0.112. The van der Waals surface area contributed by atoms with Gasteiger partial charge in [0.15, 0.2) is 0 Å². The average Bonchev–Trinajstić information content (AvgIpc) is 2.59. The van der Waals surface area contributed by atoms with Gasteiger partial charge in [-0.25, -0.2) is 0 Å². The van der Waals surface area contributed by atoms with E-state index < -0.39 is 0 Å². The Morgan fingerprint density at radius 1 is 1.05 bits per heavy atom. The van der Waals surface area contributed by atoms with Crippen LogP contribution in [-0.4, -0.2) is 74.6 Å². The van der Waals surface area contributed by atoms with E-state index in [0.29, 0.717) is 51.8 Å². The highest BCUT2D eigenvalue weighted by atomic mass is 16.5. The van der Waals surface area contributed by atoms with Crippen LogP contribution in [0.1, 0.15) is 32.1 Å². The molecule has 0 unspecified atom stereocenters. The standard InChI is InChI=1S/C16H29N3O3/c1-22-12-7-17-13-15(20)18-8-10-19(11-9-18)16(21)14-5-3-2-4-6-14/h14,17H,2-13H2,1H3. The second kappa shape index (κ2) is 9.10. The number of ether oxygens (including phenoxy) is 1. The van der Waals surface area contributed by atoms with Gasteiger partial charge >= 0.3 is 0 Å². The van der Waals surface area contributed by atoms with Crippen LogP contribution in [0.5, 0.6) is 0 Å². The molecule has 6 nitrogen and oxygen atoms in total. The summed E-state index contributed by atoms with van der Waals surface area (Å²) in [5.41, 5.74) is 0. The number of piperazine rings is 1. The lowest BCUT2D eigenvalue weighted by atomic mass is 9.88. The lowest BCUT2D eigenvalue weighted by molar-refractivity contribution is -0.142. The van der Waals surface area contributed by atoms with E-state index in [-0.39, 0.29) is 11.8 Å². The van der Waals surface area contributed by atoms with Crippen LogP contribution in [0, 0.1) is 5.92 Å². The van der Waals surface area contributed by atoms with Crippen molar-refractivity contribution in [3.63, 3.8) is 0 Å². The Morgan fingerprint density at radius 2 is 1.68 bits per heavy atom. The first-order valence-electron chi connectivity index (χ1n) is 8.48. The summed E-state index contributed by atoms with van der Waals surface area (Å²) < 4.78 is 4.94. The SMILES string of the molecule is COCCNCC(=O)N1CCN(C(=O)C2CCCCC2)CC1. The van der Waals surface area contributed by atoms with Crippen molar-refractivity contribution in [1.82, 2.24) is 15.1 Å². The van der Waals surface area contributed by atoms with Crippen LogP contribution in [0.2, 0.25) is 0 Å². The van der Waals surface area contributed by atoms with Crippen LogP contribution in [0.15, 0.2) is 0 Å². The normalized spacial score (nSPS) is 20.2. The fourth-order valence-electron chi connectivity index (χ4n) is 3.27. The molecule has 2 amide bonds. The quantitative estimate of drug-likeness (QED) is 0.725. The van der Waals surface area contributed by atoms with Crippen LogP contribution < -0.4 is 5.32 Å². The molecular formula is C16H29N3O3. The maximum Gasteiger partial charge on any atom is 0.236 e. The van der Waals surface area contributed by atoms with Crippen molar-refractivity contribution in [3.05, 3.63) is 0 Å². The molecule has 126 valence electrons. The first-order chi connectivity index (χ1) is 10.7. The highest BCUT2D eigenvalue weighted by Gasteiger charge is 2.29. The van der Waals surface area contributed by atoms with Gasteiger partial charge in [0.25, 0.3) is 0 Å². The van der Waals surface area contributed by atoms with Gasteiger partial charge in [0.05, 0.1) is 13.2 Å². The second-order valence-corrected chi connectivity index (χ2v) is 6.21. The van der Waals surface area contributed by atoms with Crippen molar-refractivity contribution in [3.8, 4) is 0 Å². The molecule has 2 aliphatic rings. The molecule has 1 aliphatic carbocycles. The number of nitrogens with one attached hydrogen (secondary N) is 1. The third-order valence-electron chi connectivity index (χ3n) is 4.66. The van der Waals surface area contributed by atoms with E-state index in [1.807, 2.05) is 9.80 Å². The summed E-state index contributed by atoms with van der Waals surface area (Å²) in [6.45, 7) is 4.31. The first-order valence-corrected chi connectivity index (χ1v) is 8.48. The highest BCUT2D eigenvalue weighted by molar-refractivity contribution is 5.80. The Hall–Kier alpha value is -1.14. The maximum absolute atomic E-state index is 12.5. The van der Waals surface area contributed by atoms with Gasteiger partial charge in [-0.1, -0.05) is 19.3 Å². The maximum atomic E-state index is 12.5. The average molecular weight is 311 g/mol. The summed E-state index contributed by atoms with van der Waals surface area (Å²) in [7, 11) is 1.64. The van der Waals surface area contributed by atoms with Crippen LogP contribution in [0.3, 0.4) is 0 Å². The van der Waals surface area contributed by atoms with Crippen LogP contribution in [0.25, 0.3) is 0 Å². The fraction of sp³-hybridized carbons (Fsp3) is 0.875. The van der Waals surface area contributed by atoms with Crippen molar-refractivity contribution >= 4 is 11.8 Å². The summed E-state index contributed by atoms with van der Waals surface area (Å²) in [6, 6.07) is 0. The zero-order valence-corrected chi connectivity index (χ0v) is 13.7. The largest absolute Gasteiger partial charge is 0.383 e. The fourth-order valence-corrected chi connectivity index (χ4v) is 3.27. The highest BCUT2D eigenvalue weighted by Crippen LogP contribution is 2.25. The number of carbonyl (C=O) groups is 2. The van der Waals surface area contributed by atoms with Crippen LogP contribution in [-0.2, 0) is 14.3 Å². The Kier molecular flexibility index (Phi) is 7.12. The van der Waals surface area contributed by atoms with Crippen molar-refractivity contribution in [2.45, 2.75) is 32.1 Å². The molecule has 1 heterocycles. The van der Waals surface area contributed by atoms with Gasteiger partial charge in [0.1, 0.15) is 0 Å². The van der Waals surface area contributed by atoms with Crippen LogP contribution in [0.4, 0.5) is 0 Å². The molecule has 2 fully saturated rings. The molecule has 0 aromatic rings. The molecule has 6 heteroatoms. The third kappa shape index (κ3) is 4.95. The summed E-state index contributed by atoms with van der Waals surface area (Å²) in [4.78, 5) is 28.3. The van der Waals surface area contributed by atoms with Gasteiger partial charge in [-0.2, -0.15) is 0 Å². The number of nitrogens with zero attached hydrogens (tertiary/aromatic N) is 2. The molecular weight excluding hydrogens is 282 g/mol. The van der Waals surface area contributed by atoms with E-state index in [0.717, 1.165) is 12.8 Å². The number of amides is 2. The topological polar surface area (TPSA) is 61.9 Å². The third-order valence-corrected chi connectivity index (χ3v) is 4.66. The van der Waals surface area contributed by atoms with Gasteiger partial charge in [0.2, 0.25) is 11.8 Å². The van der Waals surface area contributed by atoms with Crippen molar-refractivity contribution in [2.75, 3.05) is 53.0 Å². The van der Waals surface area contributed by atoms with Gasteiger partial charge in [-0.3, -0.25) is 9.59 Å². The molecule has 0 radical (unpaired) electrons. The van der Waals surface area contributed by atoms with E-state index >= 15 is 0 Å². The number of methoxy groups -OCH3 is 1. The Labute approximate surface area is 133 Å². The summed E-state index contributed by atoms with van der Waals surface area (Å²) in [6.07, 6.45) is 5.72. The molecule has 0 atom stereocenters. The molecule has 2 rings (SSSR count). The van der Waals surface area contributed by atoms with Gasteiger partial charge in [-0.05, 0) is 12.8 Å². The molecule has 1 saturated carbocycles. The van der Waals surface area contributed by atoms with E-state index in [1.54, 1.807) is 7.11 Å². The monoisotopic (exact) mass is 311 g/mol. The first kappa shape index (κ1) is 17.2. The second-order valence-electron chi connectivity index (χ2n) is 6.21. The summed E-state index contributed by atoms with van der Waals surface area (Å²) in [5, 5.41) is 3.07. The smallest absolute Gasteiger partial charge is 0.236 e. The van der Waals surface area contributed by atoms with Crippen molar-refractivity contribution in [1.29, 1.82) is 0 Å². The van der Waals surface area contributed by atoms with Crippen LogP contribution >= 0.6 is 0 Å². The minimum Gasteiger partial charge on any atom is -0.383 e. The number of hydrogen-bond acceptors (Lipinski definition) is 4. The molecule has 0 bridgehead atoms. The molecule has 1 aliphatic heterocycles. The van der Waals surface area contributed by atoms with E-state index in [2.05, 4.69) is 5.32 Å². The van der Waals surface area contributed by atoms with Crippen molar-refractivity contribution in [2.24, 2.45) is 5.92 Å². The summed E-state index contributed by atoms with van der Waals surface area (Å²) in [5.74, 6) is 0.651. The molecule has 0 spiro atoms.